The van der Waals surface area contributed by atoms with Gasteiger partial charge >= 0.3 is 6.18 Å². The Kier molecular flexibility index (Phi) is 6.05. The largest absolute Gasteiger partial charge is 0.418 e. The molecule has 0 fully saturated rings. The first-order chi connectivity index (χ1) is 9.75. The average molecular weight is 302 g/mol. The lowest BCUT2D eigenvalue weighted by Crippen LogP contribution is -2.32. The van der Waals surface area contributed by atoms with Crippen molar-refractivity contribution in [1.82, 2.24) is 5.32 Å². The topological polar surface area (TPSA) is 55.1 Å². The maximum absolute atomic E-state index is 12.7. The molecule has 0 aliphatic rings. The molecule has 1 rings (SSSR count). The van der Waals surface area contributed by atoms with Gasteiger partial charge in [0.2, 0.25) is 0 Å². The summed E-state index contributed by atoms with van der Waals surface area (Å²) in [5.74, 6) is -0.510. The first-order valence-electron chi connectivity index (χ1n) is 7.03. The number of carbonyl (C=O) groups excluding carboxylic acids is 1. The highest BCUT2D eigenvalue weighted by molar-refractivity contribution is 5.95. The van der Waals surface area contributed by atoms with Crippen LogP contribution in [0.1, 0.15) is 55.5 Å². The second-order valence-corrected chi connectivity index (χ2v) is 5.17. The Labute approximate surface area is 122 Å². The Hall–Kier alpha value is -1.72. The maximum atomic E-state index is 12.7. The van der Waals surface area contributed by atoms with E-state index in [4.69, 9.17) is 5.73 Å². The average Bonchev–Trinajstić information content (AvgIpc) is 2.38. The van der Waals surface area contributed by atoms with Gasteiger partial charge in [0, 0.05) is 17.3 Å². The van der Waals surface area contributed by atoms with Crippen LogP contribution in [0, 0.1) is 0 Å². The van der Waals surface area contributed by atoms with E-state index in [2.05, 4.69) is 12.2 Å². The molecule has 0 spiro atoms. The van der Waals surface area contributed by atoms with Gasteiger partial charge in [0.1, 0.15) is 0 Å². The van der Waals surface area contributed by atoms with Gasteiger partial charge in [0.05, 0.1) is 5.56 Å². The van der Waals surface area contributed by atoms with Crippen LogP contribution in [-0.2, 0) is 6.18 Å². The SMILES string of the molecule is CCCCCC(C)NC(=O)c1ccc(N)c(C(F)(F)F)c1. The smallest absolute Gasteiger partial charge is 0.398 e. The second kappa shape index (κ2) is 7.33. The summed E-state index contributed by atoms with van der Waals surface area (Å²) in [5, 5.41) is 2.71. The monoisotopic (exact) mass is 302 g/mol. The molecule has 0 aliphatic carbocycles. The highest BCUT2D eigenvalue weighted by atomic mass is 19.4. The van der Waals surface area contributed by atoms with Crippen molar-refractivity contribution in [2.75, 3.05) is 5.73 Å². The van der Waals surface area contributed by atoms with Gasteiger partial charge in [0.15, 0.2) is 0 Å². The third-order valence-electron chi connectivity index (χ3n) is 3.24. The van der Waals surface area contributed by atoms with E-state index < -0.39 is 17.6 Å². The van der Waals surface area contributed by atoms with E-state index >= 15 is 0 Å². The molecule has 6 heteroatoms. The number of carbonyl (C=O) groups is 1. The van der Waals surface area contributed by atoms with E-state index in [1.165, 1.54) is 6.07 Å². The molecule has 1 aromatic carbocycles. The van der Waals surface area contributed by atoms with Crippen LogP contribution in [0.5, 0.6) is 0 Å². The van der Waals surface area contributed by atoms with Crippen LogP contribution in [-0.4, -0.2) is 11.9 Å². The summed E-state index contributed by atoms with van der Waals surface area (Å²) >= 11 is 0. The first-order valence-corrected chi connectivity index (χ1v) is 7.03. The minimum Gasteiger partial charge on any atom is -0.398 e. The minimum absolute atomic E-state index is 0.0288. The summed E-state index contributed by atoms with van der Waals surface area (Å²) in [6.45, 7) is 3.92. The predicted molar refractivity (Wildman–Crippen MR) is 76.9 cm³/mol. The van der Waals surface area contributed by atoms with Gasteiger partial charge in [-0.05, 0) is 31.5 Å². The molecule has 0 aliphatic heterocycles. The highest BCUT2D eigenvalue weighted by Crippen LogP contribution is 2.34. The molecule has 0 heterocycles. The normalized spacial score (nSPS) is 13.0. The zero-order valence-corrected chi connectivity index (χ0v) is 12.3. The molecular formula is C15H21F3N2O. The van der Waals surface area contributed by atoms with E-state index in [0.717, 1.165) is 37.8 Å². The molecular weight excluding hydrogens is 281 g/mol. The molecule has 1 atom stereocenters. The van der Waals surface area contributed by atoms with Crippen molar-refractivity contribution in [1.29, 1.82) is 0 Å². The summed E-state index contributed by atoms with van der Waals surface area (Å²) in [7, 11) is 0. The van der Waals surface area contributed by atoms with Crippen LogP contribution in [0.4, 0.5) is 18.9 Å². The molecule has 1 unspecified atom stereocenters. The number of rotatable bonds is 6. The molecule has 0 bridgehead atoms. The summed E-state index contributed by atoms with van der Waals surface area (Å²) in [5.41, 5.74) is 3.92. The lowest BCUT2D eigenvalue weighted by molar-refractivity contribution is -0.136. The number of alkyl halides is 3. The maximum Gasteiger partial charge on any atom is 0.418 e. The van der Waals surface area contributed by atoms with Gasteiger partial charge < -0.3 is 11.1 Å². The number of halogens is 3. The number of hydrogen-bond acceptors (Lipinski definition) is 2. The van der Waals surface area contributed by atoms with E-state index in [-0.39, 0.29) is 17.3 Å². The molecule has 1 amide bonds. The van der Waals surface area contributed by atoms with E-state index in [1.54, 1.807) is 0 Å². The minimum atomic E-state index is -4.56. The molecule has 1 aromatic rings. The van der Waals surface area contributed by atoms with Crippen LogP contribution < -0.4 is 11.1 Å². The number of unbranched alkanes of at least 4 members (excludes halogenated alkanes) is 2. The third kappa shape index (κ3) is 5.28. The van der Waals surface area contributed by atoms with Crippen LogP contribution in [0.2, 0.25) is 0 Å². The number of benzene rings is 1. The van der Waals surface area contributed by atoms with E-state index in [1.807, 2.05) is 6.92 Å². The zero-order chi connectivity index (χ0) is 16.0. The van der Waals surface area contributed by atoms with Crippen molar-refractivity contribution in [2.45, 2.75) is 51.7 Å². The number of nitrogen functional groups attached to an aromatic ring is 1. The van der Waals surface area contributed by atoms with Crippen LogP contribution in [0.3, 0.4) is 0 Å². The number of hydrogen-bond donors (Lipinski definition) is 2. The van der Waals surface area contributed by atoms with Crippen LogP contribution in [0.15, 0.2) is 18.2 Å². The molecule has 0 aromatic heterocycles. The Morgan fingerprint density at radius 1 is 1.33 bits per heavy atom. The van der Waals surface area contributed by atoms with Gasteiger partial charge in [0.25, 0.3) is 5.91 Å². The lowest BCUT2D eigenvalue weighted by atomic mass is 10.1. The third-order valence-corrected chi connectivity index (χ3v) is 3.24. The number of nitrogens with two attached hydrogens (primary N) is 1. The fourth-order valence-electron chi connectivity index (χ4n) is 2.02. The molecule has 3 N–H and O–H groups in total. The number of anilines is 1. The van der Waals surface area contributed by atoms with Gasteiger partial charge in [-0.3, -0.25) is 4.79 Å². The zero-order valence-electron chi connectivity index (χ0n) is 12.3. The summed E-state index contributed by atoms with van der Waals surface area (Å²) in [6, 6.07) is 3.14. The quantitative estimate of drug-likeness (QED) is 0.616. The molecule has 0 saturated heterocycles. The molecule has 21 heavy (non-hydrogen) atoms. The van der Waals surface area contributed by atoms with Crippen molar-refractivity contribution in [3.63, 3.8) is 0 Å². The number of amides is 1. The van der Waals surface area contributed by atoms with E-state index in [9.17, 15) is 18.0 Å². The fraction of sp³-hybridized carbons (Fsp3) is 0.533. The summed E-state index contributed by atoms with van der Waals surface area (Å²) in [4.78, 5) is 12.0. The van der Waals surface area contributed by atoms with Gasteiger partial charge in [-0.25, -0.2) is 0 Å². The van der Waals surface area contributed by atoms with Crippen molar-refractivity contribution >= 4 is 11.6 Å². The molecule has 3 nitrogen and oxygen atoms in total. The summed E-state index contributed by atoms with van der Waals surface area (Å²) in [6.07, 6.45) is -0.630. The Morgan fingerprint density at radius 2 is 2.00 bits per heavy atom. The molecule has 0 saturated carbocycles. The van der Waals surface area contributed by atoms with E-state index in [0.29, 0.717) is 0 Å². The van der Waals surface area contributed by atoms with Gasteiger partial charge in [-0.15, -0.1) is 0 Å². The fourth-order valence-corrected chi connectivity index (χ4v) is 2.02. The van der Waals surface area contributed by atoms with Gasteiger partial charge in [-0.2, -0.15) is 13.2 Å². The molecule has 118 valence electrons. The van der Waals surface area contributed by atoms with Crippen molar-refractivity contribution in [3.8, 4) is 0 Å². The predicted octanol–water partition coefficient (Wildman–Crippen LogP) is 3.99. The number of nitrogens with one attached hydrogen (secondary N) is 1. The lowest BCUT2D eigenvalue weighted by Gasteiger charge is -2.15. The Morgan fingerprint density at radius 3 is 2.57 bits per heavy atom. The first kappa shape index (κ1) is 17.3. The highest BCUT2D eigenvalue weighted by Gasteiger charge is 2.33. The molecule has 0 radical (unpaired) electrons. The van der Waals surface area contributed by atoms with Crippen molar-refractivity contribution < 1.29 is 18.0 Å². The standard InChI is InChI=1S/C15H21F3N2O/c1-3-4-5-6-10(2)20-14(21)11-7-8-13(19)12(9-11)15(16,17)18/h7-10H,3-6,19H2,1-2H3,(H,20,21). The Balaban J connectivity index is 2.75. The second-order valence-electron chi connectivity index (χ2n) is 5.17. The summed E-state index contributed by atoms with van der Waals surface area (Å²) < 4.78 is 38.2. The van der Waals surface area contributed by atoms with Crippen molar-refractivity contribution in [2.24, 2.45) is 0 Å². The van der Waals surface area contributed by atoms with Crippen LogP contribution >= 0.6 is 0 Å². The van der Waals surface area contributed by atoms with Crippen LogP contribution in [0.25, 0.3) is 0 Å². The Bertz CT molecular complexity index is 486. The van der Waals surface area contributed by atoms with Gasteiger partial charge in [-0.1, -0.05) is 26.2 Å². The van der Waals surface area contributed by atoms with Crippen molar-refractivity contribution in [3.05, 3.63) is 29.3 Å².